The van der Waals surface area contributed by atoms with Gasteiger partial charge in [-0.2, -0.15) is 0 Å². The van der Waals surface area contributed by atoms with E-state index in [2.05, 4.69) is 0 Å². The van der Waals surface area contributed by atoms with Gasteiger partial charge in [-0.05, 0) is 45.8 Å². The van der Waals surface area contributed by atoms with Crippen molar-refractivity contribution in [2.45, 2.75) is 32.2 Å². The Morgan fingerprint density at radius 3 is 2.26 bits per heavy atom. The highest BCUT2D eigenvalue weighted by atomic mass is 33.7. The van der Waals surface area contributed by atoms with Crippen LogP contribution in [-0.4, -0.2) is 64.6 Å². The van der Waals surface area contributed by atoms with Crippen LogP contribution in [-0.2, 0) is 22.4 Å². The average molecular weight is 439 g/mol. The molecule has 0 spiro atoms. The zero-order valence-electron chi connectivity index (χ0n) is 14.5. The summed E-state index contributed by atoms with van der Waals surface area (Å²) in [6.45, 7) is 4.57. The van der Waals surface area contributed by atoms with Crippen molar-refractivity contribution in [2.24, 2.45) is 0 Å². The molecule has 0 saturated heterocycles. The van der Waals surface area contributed by atoms with Crippen LogP contribution in [0.4, 0.5) is 0 Å². The van der Waals surface area contributed by atoms with Crippen LogP contribution in [0.2, 0.25) is 6.04 Å². The van der Waals surface area contributed by atoms with Crippen molar-refractivity contribution in [3.63, 3.8) is 0 Å². The second-order valence-corrected chi connectivity index (χ2v) is 16.8. The number of rotatable bonds is 18. The molecule has 0 aromatic carbocycles. The zero-order chi connectivity index (χ0) is 17.2. The maximum absolute atomic E-state index is 5.69. The Bertz CT molecular complexity index is 245. The van der Waals surface area contributed by atoms with E-state index in [1.807, 2.05) is 47.6 Å². The van der Waals surface area contributed by atoms with Crippen LogP contribution in [0.15, 0.2) is 0 Å². The molecule has 0 atom stereocenters. The molecule has 0 aliphatic carbocycles. The van der Waals surface area contributed by atoms with Crippen molar-refractivity contribution in [3.05, 3.63) is 0 Å². The van der Waals surface area contributed by atoms with Gasteiger partial charge in [-0.15, -0.1) is 0 Å². The minimum Gasteiger partial charge on any atom is -0.412 e. The fourth-order valence-corrected chi connectivity index (χ4v) is 14.6. The lowest BCUT2D eigenvalue weighted by atomic mass is 10.3. The number of ether oxygens (including phenoxy) is 1. The van der Waals surface area contributed by atoms with Gasteiger partial charge in [-0.25, -0.2) is 0 Å². The maximum Gasteiger partial charge on any atom is 0.500 e. The normalized spacial score (nSPS) is 12.5. The van der Waals surface area contributed by atoms with Crippen LogP contribution in [0.25, 0.3) is 0 Å². The van der Waals surface area contributed by atoms with Gasteiger partial charge in [-0.1, -0.05) is 21.0 Å². The quantitative estimate of drug-likeness (QED) is 0.181. The maximum atomic E-state index is 5.69. The Balaban J connectivity index is 3.25. The molecule has 0 N–H and O–H groups in total. The van der Waals surface area contributed by atoms with Crippen molar-refractivity contribution in [3.8, 4) is 0 Å². The zero-order valence-corrected chi connectivity index (χ0v) is 20.2. The Morgan fingerprint density at radius 2 is 1.61 bits per heavy atom. The van der Waals surface area contributed by atoms with Gasteiger partial charge in [0.2, 0.25) is 8.91 Å². The van der Waals surface area contributed by atoms with Crippen LogP contribution >= 0.6 is 40.7 Å². The monoisotopic (exact) mass is 438 g/mol. The van der Waals surface area contributed by atoms with Crippen molar-refractivity contribution in [1.29, 1.82) is 0 Å². The third-order valence-corrected chi connectivity index (χ3v) is 16.2. The molecule has 0 amide bonds. The van der Waals surface area contributed by atoms with Gasteiger partial charge < -0.3 is 22.4 Å². The molecule has 0 fully saturated rings. The Kier molecular flexibility index (Phi) is 19.7. The van der Waals surface area contributed by atoms with E-state index >= 15 is 0 Å². The standard InChI is InChI=1S/C12H30O5S4Si2/c1-5-16-9-6-7-10-17-22-21-20-19-18-11-8-12-23(13-2,14-3)15-4/h5-12,22H2,1-4H3. The van der Waals surface area contributed by atoms with Gasteiger partial charge in [0.15, 0.2) is 0 Å². The summed E-state index contributed by atoms with van der Waals surface area (Å²) < 4.78 is 27.2. The topological polar surface area (TPSA) is 46.2 Å². The van der Waals surface area contributed by atoms with Crippen LogP contribution in [0.1, 0.15) is 26.2 Å². The molecule has 23 heavy (non-hydrogen) atoms. The minimum absolute atomic E-state index is 0.450. The van der Waals surface area contributed by atoms with Crippen molar-refractivity contribution < 1.29 is 22.4 Å². The molecular formula is C12H30O5S4Si2. The largest absolute Gasteiger partial charge is 0.500 e. The lowest BCUT2D eigenvalue weighted by molar-refractivity contribution is 0.123. The van der Waals surface area contributed by atoms with Gasteiger partial charge >= 0.3 is 8.80 Å². The average Bonchev–Trinajstić information content (AvgIpc) is 2.59. The Labute approximate surface area is 159 Å². The minimum atomic E-state index is -2.38. The lowest BCUT2D eigenvalue weighted by Gasteiger charge is -2.23. The second-order valence-electron chi connectivity index (χ2n) is 4.40. The summed E-state index contributed by atoms with van der Waals surface area (Å²) >= 11 is 0. The Morgan fingerprint density at radius 1 is 0.913 bits per heavy atom. The highest BCUT2D eigenvalue weighted by Crippen LogP contribution is 2.42. The lowest BCUT2D eigenvalue weighted by Crippen LogP contribution is -2.42. The summed E-state index contributed by atoms with van der Waals surface area (Å²) in [5, 5.41) is 0. The summed E-state index contributed by atoms with van der Waals surface area (Å²) in [5.74, 6) is 1.07. The first kappa shape index (κ1) is 24.6. The van der Waals surface area contributed by atoms with Crippen molar-refractivity contribution in [1.82, 2.24) is 0 Å². The molecule has 0 saturated carbocycles. The van der Waals surface area contributed by atoms with E-state index in [9.17, 15) is 0 Å². The van der Waals surface area contributed by atoms with Crippen molar-refractivity contribution >= 4 is 58.4 Å². The van der Waals surface area contributed by atoms with E-state index < -0.39 is 17.7 Å². The summed E-state index contributed by atoms with van der Waals surface area (Å²) in [5.41, 5.74) is 0. The number of hydrogen-bond donors (Lipinski definition) is 0. The summed E-state index contributed by atoms with van der Waals surface area (Å²) in [7, 11) is 9.56. The molecule has 0 unspecified atom stereocenters. The van der Waals surface area contributed by atoms with Gasteiger partial charge in [-0.3, -0.25) is 0 Å². The third kappa shape index (κ3) is 14.5. The molecule has 5 nitrogen and oxygen atoms in total. The molecule has 0 heterocycles. The van der Waals surface area contributed by atoms with E-state index in [1.165, 1.54) is 0 Å². The van der Waals surface area contributed by atoms with Crippen LogP contribution < -0.4 is 0 Å². The first-order chi connectivity index (χ1) is 11.2. The molecule has 0 aromatic heterocycles. The molecule has 0 aliphatic rings. The molecule has 0 radical (unpaired) electrons. The second kappa shape index (κ2) is 18.4. The predicted molar refractivity (Wildman–Crippen MR) is 112 cm³/mol. The molecule has 0 bridgehead atoms. The Hall–Kier alpha value is 1.63. The highest BCUT2D eigenvalue weighted by Gasteiger charge is 2.36. The van der Waals surface area contributed by atoms with E-state index in [0.29, 0.717) is 0 Å². The fraction of sp³-hybridized carbons (Fsp3) is 1.00. The summed E-state index contributed by atoms with van der Waals surface area (Å²) in [6, 6.07) is 0.863. The third-order valence-electron chi connectivity index (χ3n) is 2.93. The number of unbranched alkanes of at least 4 members (excludes halogenated alkanes) is 1. The van der Waals surface area contributed by atoms with E-state index in [0.717, 1.165) is 50.9 Å². The van der Waals surface area contributed by atoms with Gasteiger partial charge in [0.1, 0.15) is 0 Å². The molecular weight excluding hydrogens is 409 g/mol. The van der Waals surface area contributed by atoms with Gasteiger partial charge in [0.05, 0.1) is 0 Å². The molecule has 0 rings (SSSR count). The predicted octanol–water partition coefficient (Wildman–Crippen LogP) is 3.76. The first-order valence-corrected chi connectivity index (χ1v) is 17.0. The van der Waals surface area contributed by atoms with Gasteiger partial charge in [0, 0.05) is 52.9 Å². The van der Waals surface area contributed by atoms with Crippen LogP contribution in [0, 0.1) is 0 Å². The van der Waals surface area contributed by atoms with E-state index in [4.69, 9.17) is 22.4 Å². The SMILES string of the molecule is CCOCCCCO[SiH2]SSSSCCC[Si](OC)(OC)OC. The van der Waals surface area contributed by atoms with E-state index in [1.54, 1.807) is 21.3 Å². The fourth-order valence-electron chi connectivity index (χ4n) is 1.64. The van der Waals surface area contributed by atoms with Crippen LogP contribution in [0.3, 0.4) is 0 Å². The van der Waals surface area contributed by atoms with E-state index in [-0.39, 0.29) is 0 Å². The van der Waals surface area contributed by atoms with Crippen molar-refractivity contribution in [2.75, 3.05) is 46.9 Å². The molecule has 0 aliphatic heterocycles. The first-order valence-electron chi connectivity index (χ1n) is 7.63. The molecule has 11 heteroatoms. The summed E-state index contributed by atoms with van der Waals surface area (Å²) in [4.78, 5) is 0. The summed E-state index contributed by atoms with van der Waals surface area (Å²) in [6.07, 6.45) is 3.24. The molecule has 140 valence electrons. The van der Waals surface area contributed by atoms with Gasteiger partial charge in [0.25, 0.3) is 0 Å². The van der Waals surface area contributed by atoms with Crippen LogP contribution in [0.5, 0.6) is 0 Å². The smallest absolute Gasteiger partial charge is 0.412 e. The molecule has 0 aromatic rings. The number of hydrogen-bond acceptors (Lipinski definition) is 9. The highest BCUT2D eigenvalue weighted by molar-refractivity contribution is 9.28.